The maximum atomic E-state index is 6.03. The van der Waals surface area contributed by atoms with Gasteiger partial charge in [-0.1, -0.05) is 46.8 Å². The standard InChI is InChI=1S/C30H50O/c1-19(2)20-13-15-28(5)17-18-29(6)21-11-12-24-27(3,4)25(31-8)14-16-30(24,7)22(21)9-10-23(29)26(20)28/h20-26H,1,9-18H2,2-8H3. The fourth-order valence-corrected chi connectivity index (χ4v) is 11.4. The van der Waals surface area contributed by atoms with Crippen molar-refractivity contribution in [2.45, 2.75) is 112 Å². The molecular weight excluding hydrogens is 376 g/mol. The minimum atomic E-state index is 0.312. The lowest BCUT2D eigenvalue weighted by molar-refractivity contribution is -0.210. The van der Waals surface area contributed by atoms with Crippen molar-refractivity contribution in [3.8, 4) is 0 Å². The summed E-state index contributed by atoms with van der Waals surface area (Å²) in [6.07, 6.45) is 14.8. The molecule has 0 heterocycles. The predicted molar refractivity (Wildman–Crippen MR) is 131 cm³/mol. The van der Waals surface area contributed by atoms with E-state index in [9.17, 15) is 0 Å². The molecule has 5 aliphatic carbocycles. The van der Waals surface area contributed by atoms with Crippen LogP contribution in [-0.4, -0.2) is 13.2 Å². The summed E-state index contributed by atoms with van der Waals surface area (Å²) in [5, 5.41) is 0. The molecule has 31 heavy (non-hydrogen) atoms. The van der Waals surface area contributed by atoms with E-state index in [1.165, 1.54) is 69.8 Å². The van der Waals surface area contributed by atoms with Gasteiger partial charge in [0, 0.05) is 7.11 Å². The first kappa shape index (κ1) is 22.5. The van der Waals surface area contributed by atoms with E-state index in [1.54, 1.807) is 0 Å². The SMILES string of the molecule is C=C(C)C1CCC2(C)CCC3(C)C(CCC4C3CCC3C(C)(C)C(OC)CCC43C)C12. The molecule has 1 heteroatoms. The van der Waals surface area contributed by atoms with Crippen LogP contribution in [0.2, 0.25) is 0 Å². The van der Waals surface area contributed by atoms with Crippen LogP contribution in [0.15, 0.2) is 12.2 Å². The summed E-state index contributed by atoms with van der Waals surface area (Å²) in [6, 6.07) is 0. The Morgan fingerprint density at radius 1 is 0.742 bits per heavy atom. The molecule has 5 aliphatic rings. The Hall–Kier alpha value is -0.300. The van der Waals surface area contributed by atoms with Gasteiger partial charge in [-0.15, -0.1) is 0 Å². The van der Waals surface area contributed by atoms with Gasteiger partial charge < -0.3 is 4.74 Å². The topological polar surface area (TPSA) is 9.23 Å². The number of hydrogen-bond acceptors (Lipinski definition) is 1. The van der Waals surface area contributed by atoms with Crippen LogP contribution < -0.4 is 0 Å². The van der Waals surface area contributed by atoms with Crippen molar-refractivity contribution in [2.75, 3.05) is 7.11 Å². The van der Waals surface area contributed by atoms with Gasteiger partial charge in [-0.2, -0.15) is 0 Å². The minimum Gasteiger partial charge on any atom is -0.381 e. The normalized spacial score (nSPS) is 55.5. The van der Waals surface area contributed by atoms with Crippen molar-refractivity contribution in [1.82, 2.24) is 0 Å². The summed E-state index contributed by atoms with van der Waals surface area (Å²) in [5.74, 6) is 5.31. The second kappa shape index (κ2) is 7.10. The first-order valence-corrected chi connectivity index (χ1v) is 13.7. The second-order valence-electron chi connectivity index (χ2n) is 14.3. The Labute approximate surface area is 193 Å². The van der Waals surface area contributed by atoms with Crippen LogP contribution >= 0.6 is 0 Å². The molecule has 0 radical (unpaired) electrons. The number of methoxy groups -OCH3 is 1. The fraction of sp³-hybridized carbons (Fsp3) is 0.933. The molecule has 0 aromatic carbocycles. The molecule has 0 aromatic rings. The van der Waals surface area contributed by atoms with Crippen molar-refractivity contribution in [3.05, 3.63) is 12.2 Å². The van der Waals surface area contributed by atoms with Crippen molar-refractivity contribution in [1.29, 1.82) is 0 Å². The number of allylic oxidation sites excluding steroid dienone is 1. The third-order valence-electron chi connectivity index (χ3n) is 12.9. The van der Waals surface area contributed by atoms with Gasteiger partial charge in [0.25, 0.3) is 0 Å². The molecule has 0 bridgehead atoms. The quantitative estimate of drug-likeness (QED) is 0.403. The molecule has 5 fully saturated rings. The zero-order chi connectivity index (χ0) is 22.4. The maximum absolute atomic E-state index is 6.03. The zero-order valence-corrected chi connectivity index (χ0v) is 21.7. The summed E-state index contributed by atoms with van der Waals surface area (Å²) in [6.45, 7) is 20.0. The van der Waals surface area contributed by atoms with Crippen LogP contribution in [0.5, 0.6) is 0 Å². The van der Waals surface area contributed by atoms with Gasteiger partial charge in [0.2, 0.25) is 0 Å². The third kappa shape index (κ3) is 2.90. The van der Waals surface area contributed by atoms with Crippen LogP contribution in [0.25, 0.3) is 0 Å². The largest absolute Gasteiger partial charge is 0.381 e. The van der Waals surface area contributed by atoms with Crippen LogP contribution in [-0.2, 0) is 4.74 Å². The molecule has 0 saturated heterocycles. The molecule has 1 nitrogen and oxygen atoms in total. The van der Waals surface area contributed by atoms with Gasteiger partial charge >= 0.3 is 0 Å². The number of fused-ring (bicyclic) bond motifs is 7. The van der Waals surface area contributed by atoms with E-state index >= 15 is 0 Å². The highest BCUT2D eigenvalue weighted by Crippen LogP contribution is 2.73. The molecule has 10 atom stereocenters. The Bertz CT molecular complexity index is 737. The highest BCUT2D eigenvalue weighted by molar-refractivity contribution is 5.18. The van der Waals surface area contributed by atoms with Crippen molar-refractivity contribution in [2.24, 2.45) is 57.2 Å². The summed E-state index contributed by atoms with van der Waals surface area (Å²) in [4.78, 5) is 0. The summed E-state index contributed by atoms with van der Waals surface area (Å²) >= 11 is 0. The minimum absolute atomic E-state index is 0.312. The summed E-state index contributed by atoms with van der Waals surface area (Å²) in [5.41, 5.74) is 3.45. The average molecular weight is 427 g/mol. The third-order valence-corrected chi connectivity index (χ3v) is 12.9. The van der Waals surface area contributed by atoms with Gasteiger partial charge in [0.15, 0.2) is 0 Å². The fourth-order valence-electron chi connectivity index (χ4n) is 11.4. The molecule has 5 rings (SSSR count). The summed E-state index contributed by atoms with van der Waals surface area (Å²) in [7, 11) is 1.95. The Balaban J connectivity index is 1.48. The second-order valence-corrected chi connectivity index (χ2v) is 14.3. The molecule has 0 spiro atoms. The van der Waals surface area contributed by atoms with E-state index in [2.05, 4.69) is 48.1 Å². The van der Waals surface area contributed by atoms with Gasteiger partial charge in [-0.25, -0.2) is 0 Å². The van der Waals surface area contributed by atoms with Crippen LogP contribution in [0.1, 0.15) is 106 Å². The lowest BCUT2D eigenvalue weighted by Gasteiger charge is -2.68. The first-order chi connectivity index (χ1) is 14.5. The Kier molecular flexibility index (Phi) is 5.15. The van der Waals surface area contributed by atoms with Crippen molar-refractivity contribution in [3.63, 3.8) is 0 Å². The Morgan fingerprint density at radius 3 is 2.06 bits per heavy atom. The maximum Gasteiger partial charge on any atom is 0.0625 e. The van der Waals surface area contributed by atoms with Gasteiger partial charge in [-0.3, -0.25) is 0 Å². The average Bonchev–Trinajstić information content (AvgIpc) is 3.05. The Morgan fingerprint density at radius 2 is 1.39 bits per heavy atom. The van der Waals surface area contributed by atoms with E-state index in [-0.39, 0.29) is 0 Å². The number of hydrogen-bond donors (Lipinski definition) is 0. The molecule has 10 unspecified atom stereocenters. The van der Waals surface area contributed by atoms with E-state index in [4.69, 9.17) is 4.74 Å². The molecule has 5 saturated carbocycles. The molecule has 0 aliphatic heterocycles. The molecule has 0 amide bonds. The molecular formula is C30H50O. The zero-order valence-electron chi connectivity index (χ0n) is 21.7. The van der Waals surface area contributed by atoms with Crippen molar-refractivity contribution < 1.29 is 4.74 Å². The lowest BCUT2D eigenvalue weighted by atomic mass is 9.37. The predicted octanol–water partition coefficient (Wildman–Crippen LogP) is 8.29. The van der Waals surface area contributed by atoms with Crippen molar-refractivity contribution >= 4 is 0 Å². The van der Waals surface area contributed by atoms with Crippen LogP contribution in [0, 0.1) is 57.2 Å². The number of ether oxygens (including phenoxy) is 1. The molecule has 176 valence electrons. The van der Waals surface area contributed by atoms with Gasteiger partial charge in [0.05, 0.1) is 6.10 Å². The first-order valence-electron chi connectivity index (χ1n) is 13.7. The highest BCUT2D eigenvalue weighted by Gasteiger charge is 2.66. The number of rotatable bonds is 2. The monoisotopic (exact) mass is 426 g/mol. The molecule has 0 N–H and O–H groups in total. The van der Waals surface area contributed by atoms with E-state index in [0.717, 1.165) is 35.5 Å². The highest BCUT2D eigenvalue weighted by atomic mass is 16.5. The van der Waals surface area contributed by atoms with Gasteiger partial charge in [0.1, 0.15) is 0 Å². The van der Waals surface area contributed by atoms with E-state index < -0.39 is 0 Å². The summed E-state index contributed by atoms with van der Waals surface area (Å²) < 4.78 is 6.03. The van der Waals surface area contributed by atoms with Crippen LogP contribution in [0.3, 0.4) is 0 Å². The smallest absolute Gasteiger partial charge is 0.0625 e. The van der Waals surface area contributed by atoms with Gasteiger partial charge in [-0.05, 0) is 128 Å². The lowest BCUT2D eigenvalue weighted by Crippen LogP contribution is -2.62. The molecule has 0 aromatic heterocycles. The van der Waals surface area contributed by atoms with E-state index in [1.807, 2.05) is 7.11 Å². The van der Waals surface area contributed by atoms with Crippen LogP contribution in [0.4, 0.5) is 0 Å². The van der Waals surface area contributed by atoms with E-state index in [0.29, 0.717) is 27.8 Å².